The Labute approximate surface area is 165 Å². The number of alkyl carbamates (subject to hydrolysis) is 1. The molecular formula is C20H19N3O4S. The molecule has 0 fully saturated rings. The van der Waals surface area contributed by atoms with Crippen LogP contribution in [0.2, 0.25) is 0 Å². The van der Waals surface area contributed by atoms with Gasteiger partial charge in [0.2, 0.25) is 5.91 Å². The van der Waals surface area contributed by atoms with Crippen molar-refractivity contribution >= 4 is 34.7 Å². The smallest absolute Gasteiger partial charge is 0.413 e. The number of amides is 2. The zero-order chi connectivity index (χ0) is 19.9. The van der Waals surface area contributed by atoms with Crippen LogP contribution in [0.4, 0.5) is 4.79 Å². The highest BCUT2D eigenvalue weighted by atomic mass is 32.2. The number of nitrogens with one attached hydrogen (secondary N) is 1. The summed E-state index contributed by atoms with van der Waals surface area (Å²) in [5.74, 6) is -0.588. The summed E-state index contributed by atoms with van der Waals surface area (Å²) in [6, 6.07) is 16.6. The number of carbonyl (C=O) groups excluding carboxylic acids is 2. The third-order valence-electron chi connectivity index (χ3n) is 3.86. The molecule has 0 saturated heterocycles. The predicted molar refractivity (Wildman–Crippen MR) is 107 cm³/mol. The van der Waals surface area contributed by atoms with Gasteiger partial charge in [0.25, 0.3) is 5.56 Å². The van der Waals surface area contributed by atoms with Gasteiger partial charge in [-0.25, -0.2) is 9.78 Å². The summed E-state index contributed by atoms with van der Waals surface area (Å²) in [5.41, 5.74) is 1.33. The topological polar surface area (TPSA) is 90.3 Å². The Bertz CT molecular complexity index is 1050. The monoisotopic (exact) mass is 397 g/mol. The maximum Gasteiger partial charge on any atom is 0.413 e. The van der Waals surface area contributed by atoms with Crippen molar-refractivity contribution in [1.29, 1.82) is 0 Å². The quantitative estimate of drug-likeness (QED) is 0.508. The lowest BCUT2D eigenvalue weighted by atomic mass is 10.2. The minimum atomic E-state index is -0.791. The van der Waals surface area contributed by atoms with Crippen LogP contribution in [0.25, 0.3) is 10.9 Å². The molecule has 2 amide bonds. The fourth-order valence-electron chi connectivity index (χ4n) is 2.61. The van der Waals surface area contributed by atoms with Gasteiger partial charge in [0.1, 0.15) is 0 Å². The van der Waals surface area contributed by atoms with E-state index in [0.29, 0.717) is 22.6 Å². The number of hydrogen-bond donors (Lipinski definition) is 1. The van der Waals surface area contributed by atoms with Crippen LogP contribution in [0.5, 0.6) is 0 Å². The molecule has 0 saturated carbocycles. The molecular weight excluding hydrogens is 378 g/mol. The summed E-state index contributed by atoms with van der Waals surface area (Å²) >= 11 is 1.10. The van der Waals surface area contributed by atoms with E-state index in [2.05, 4.69) is 10.3 Å². The van der Waals surface area contributed by atoms with Crippen molar-refractivity contribution in [2.45, 2.75) is 18.6 Å². The van der Waals surface area contributed by atoms with Crippen LogP contribution in [0.3, 0.4) is 0 Å². The number of benzene rings is 2. The second kappa shape index (κ2) is 9.18. The van der Waals surface area contributed by atoms with Gasteiger partial charge in [-0.15, -0.1) is 0 Å². The molecule has 0 bridgehead atoms. The van der Waals surface area contributed by atoms with Gasteiger partial charge in [0.05, 0.1) is 29.8 Å². The molecule has 1 heterocycles. The van der Waals surface area contributed by atoms with E-state index in [9.17, 15) is 14.4 Å². The van der Waals surface area contributed by atoms with Crippen molar-refractivity contribution < 1.29 is 14.3 Å². The number of carbonyl (C=O) groups is 2. The Hall–Kier alpha value is -3.13. The van der Waals surface area contributed by atoms with Crippen molar-refractivity contribution in [3.8, 4) is 0 Å². The molecule has 0 aliphatic rings. The minimum absolute atomic E-state index is 0.0710. The maximum atomic E-state index is 13.0. The van der Waals surface area contributed by atoms with Crippen LogP contribution in [0.15, 0.2) is 64.5 Å². The third kappa shape index (κ3) is 4.77. The van der Waals surface area contributed by atoms with Crippen LogP contribution >= 0.6 is 11.8 Å². The normalized spacial score (nSPS) is 10.6. The number of aromatic nitrogens is 2. The lowest BCUT2D eigenvalue weighted by molar-refractivity contribution is -0.117. The molecule has 144 valence electrons. The van der Waals surface area contributed by atoms with E-state index in [0.717, 1.165) is 17.3 Å². The van der Waals surface area contributed by atoms with Gasteiger partial charge in [-0.05, 0) is 24.6 Å². The highest BCUT2D eigenvalue weighted by Gasteiger charge is 2.15. The van der Waals surface area contributed by atoms with Crippen molar-refractivity contribution in [2.24, 2.45) is 0 Å². The number of para-hydroxylation sites is 1. The Morgan fingerprint density at radius 3 is 2.57 bits per heavy atom. The summed E-state index contributed by atoms with van der Waals surface area (Å²) in [4.78, 5) is 40.9. The summed E-state index contributed by atoms with van der Waals surface area (Å²) in [6.07, 6.45) is -0.791. The molecule has 0 radical (unpaired) electrons. The van der Waals surface area contributed by atoms with Crippen LogP contribution in [-0.2, 0) is 16.1 Å². The van der Waals surface area contributed by atoms with Gasteiger partial charge in [-0.2, -0.15) is 0 Å². The molecule has 0 aliphatic carbocycles. The Morgan fingerprint density at radius 2 is 1.82 bits per heavy atom. The molecule has 3 aromatic rings. The average Bonchev–Trinajstić information content (AvgIpc) is 2.70. The molecule has 7 nitrogen and oxygen atoms in total. The van der Waals surface area contributed by atoms with E-state index < -0.39 is 12.0 Å². The van der Waals surface area contributed by atoms with Crippen molar-refractivity contribution in [3.05, 3.63) is 70.5 Å². The van der Waals surface area contributed by atoms with E-state index in [1.54, 1.807) is 35.8 Å². The second-order valence-electron chi connectivity index (χ2n) is 5.85. The maximum absolute atomic E-state index is 13.0. The SMILES string of the molecule is CCOC(=O)NC(=O)CSc1nc2ccccc2c(=O)n1Cc1ccccc1. The zero-order valence-electron chi connectivity index (χ0n) is 15.3. The van der Waals surface area contributed by atoms with Crippen LogP contribution in [-0.4, -0.2) is 33.9 Å². The molecule has 0 aliphatic heterocycles. The molecule has 1 aromatic heterocycles. The molecule has 0 unspecified atom stereocenters. The van der Waals surface area contributed by atoms with Crippen molar-refractivity contribution in [3.63, 3.8) is 0 Å². The van der Waals surface area contributed by atoms with Crippen molar-refractivity contribution in [2.75, 3.05) is 12.4 Å². The number of fused-ring (bicyclic) bond motifs is 1. The molecule has 8 heteroatoms. The lowest BCUT2D eigenvalue weighted by Crippen LogP contribution is -2.32. The first kappa shape index (κ1) is 19.6. The van der Waals surface area contributed by atoms with Crippen molar-refractivity contribution in [1.82, 2.24) is 14.9 Å². The molecule has 0 spiro atoms. The van der Waals surface area contributed by atoms with Gasteiger partial charge < -0.3 is 4.74 Å². The number of imide groups is 1. The minimum Gasteiger partial charge on any atom is -0.450 e. The predicted octanol–water partition coefficient (Wildman–Crippen LogP) is 2.81. The van der Waals surface area contributed by atoms with Gasteiger partial charge >= 0.3 is 6.09 Å². The van der Waals surface area contributed by atoms with Gasteiger partial charge in [-0.1, -0.05) is 54.2 Å². The first-order valence-electron chi connectivity index (χ1n) is 8.71. The number of hydrogen-bond acceptors (Lipinski definition) is 6. The van der Waals surface area contributed by atoms with E-state index in [1.807, 2.05) is 30.3 Å². The van der Waals surface area contributed by atoms with E-state index in [4.69, 9.17) is 4.74 Å². The fourth-order valence-corrected chi connectivity index (χ4v) is 3.41. The van der Waals surface area contributed by atoms with Crippen LogP contribution in [0, 0.1) is 0 Å². The van der Waals surface area contributed by atoms with E-state index in [1.165, 1.54) is 0 Å². The Kier molecular flexibility index (Phi) is 6.44. The summed E-state index contributed by atoms with van der Waals surface area (Å²) in [5, 5.41) is 3.06. The number of ether oxygens (including phenoxy) is 1. The zero-order valence-corrected chi connectivity index (χ0v) is 16.1. The fraction of sp³-hybridized carbons (Fsp3) is 0.200. The molecule has 1 N–H and O–H groups in total. The number of rotatable bonds is 6. The van der Waals surface area contributed by atoms with Crippen LogP contribution < -0.4 is 10.9 Å². The molecule has 0 atom stereocenters. The Balaban J connectivity index is 1.89. The van der Waals surface area contributed by atoms with E-state index in [-0.39, 0.29) is 17.9 Å². The molecule has 2 aromatic carbocycles. The van der Waals surface area contributed by atoms with Gasteiger partial charge in [0, 0.05) is 0 Å². The Morgan fingerprint density at radius 1 is 1.11 bits per heavy atom. The molecule has 28 heavy (non-hydrogen) atoms. The summed E-state index contributed by atoms with van der Waals surface area (Å²) < 4.78 is 6.23. The molecule has 3 rings (SSSR count). The standard InChI is InChI=1S/C20H19N3O4S/c1-2-27-20(26)22-17(24)13-28-19-21-16-11-7-6-10-15(16)18(25)23(19)12-14-8-4-3-5-9-14/h3-11H,2,12-13H2,1H3,(H,22,24,26). The highest BCUT2D eigenvalue weighted by molar-refractivity contribution is 7.99. The number of nitrogens with zero attached hydrogens (tertiary/aromatic N) is 2. The summed E-state index contributed by atoms with van der Waals surface area (Å²) in [7, 11) is 0. The van der Waals surface area contributed by atoms with Gasteiger partial charge in [-0.3, -0.25) is 19.5 Å². The average molecular weight is 397 g/mol. The number of thioether (sulfide) groups is 1. The summed E-state index contributed by atoms with van der Waals surface area (Å²) in [6.45, 7) is 2.16. The first-order valence-corrected chi connectivity index (χ1v) is 9.70. The third-order valence-corrected chi connectivity index (χ3v) is 4.84. The van der Waals surface area contributed by atoms with E-state index >= 15 is 0 Å². The largest absolute Gasteiger partial charge is 0.450 e. The second-order valence-corrected chi connectivity index (χ2v) is 6.79. The van der Waals surface area contributed by atoms with Crippen LogP contribution in [0.1, 0.15) is 12.5 Å². The first-order chi connectivity index (χ1) is 13.6. The van der Waals surface area contributed by atoms with Gasteiger partial charge in [0.15, 0.2) is 5.16 Å². The highest BCUT2D eigenvalue weighted by Crippen LogP contribution is 2.18. The lowest BCUT2D eigenvalue weighted by Gasteiger charge is -2.13.